The quantitative estimate of drug-likeness (QED) is 0.657. The van der Waals surface area contributed by atoms with Gasteiger partial charge in [0.15, 0.2) is 0 Å². The monoisotopic (exact) mass is 418 g/mol. The lowest BCUT2D eigenvalue weighted by Gasteiger charge is -2.42. The highest BCUT2D eigenvalue weighted by Crippen LogP contribution is 2.46. The molecule has 0 bridgehead atoms. The first-order valence-electron chi connectivity index (χ1n) is 8.84. The van der Waals surface area contributed by atoms with Gasteiger partial charge < -0.3 is 14.8 Å². The Balaban J connectivity index is 1.41. The molecule has 3 N–H and O–H groups in total. The Morgan fingerprint density at radius 1 is 1.29 bits per heavy atom. The highest BCUT2D eigenvalue weighted by Gasteiger charge is 2.53. The number of aromatic amines is 1. The van der Waals surface area contributed by atoms with Gasteiger partial charge in [-0.2, -0.15) is 0 Å². The highest BCUT2D eigenvalue weighted by atomic mass is 32.2. The topological polar surface area (TPSA) is 125 Å². The number of hydrogen-bond acceptors (Lipinski definition) is 7. The van der Waals surface area contributed by atoms with Crippen molar-refractivity contribution in [2.24, 2.45) is 5.14 Å². The molecule has 1 aliphatic carbocycles. The van der Waals surface area contributed by atoms with Gasteiger partial charge in [0.05, 0.1) is 20.7 Å². The van der Waals surface area contributed by atoms with Crippen molar-refractivity contribution >= 4 is 44.1 Å². The zero-order valence-corrected chi connectivity index (χ0v) is 16.5. The summed E-state index contributed by atoms with van der Waals surface area (Å²) in [5.41, 5.74) is 0.566. The van der Waals surface area contributed by atoms with Gasteiger partial charge in [-0.1, -0.05) is 0 Å². The first kappa shape index (κ1) is 17.6. The van der Waals surface area contributed by atoms with Gasteiger partial charge in [0, 0.05) is 31.2 Å². The average molecular weight is 419 g/mol. The number of nitrogens with two attached hydrogens (primary N) is 1. The minimum Gasteiger partial charge on any atom is -0.352 e. The van der Waals surface area contributed by atoms with Gasteiger partial charge in [-0.05, 0) is 25.0 Å². The standard InChI is InChI=1S/C17H18N6O3S2/c18-28(25,26)11-7-13(27-8-11)16(24)23-6-5-22(9-17(23)2-3-17)15-12-1-4-19-14(12)20-10-21-15/h1,4,7-8,10H,2-3,5-6,9H2,(H2,18,25,26)(H,19,20,21). The van der Waals surface area contributed by atoms with Crippen LogP contribution in [0.4, 0.5) is 5.82 Å². The predicted octanol–water partition coefficient (Wildman–Crippen LogP) is 1.16. The summed E-state index contributed by atoms with van der Waals surface area (Å²) in [6.07, 6.45) is 5.23. The lowest BCUT2D eigenvalue weighted by molar-refractivity contribution is 0.0629. The molecule has 0 radical (unpaired) electrons. The number of piperazine rings is 1. The number of nitrogens with zero attached hydrogens (tertiary/aromatic N) is 4. The number of H-pyrrole nitrogens is 1. The number of sulfonamides is 1. The molecule has 2 aliphatic rings. The molecule has 2 fully saturated rings. The number of anilines is 1. The van der Waals surface area contributed by atoms with Crippen molar-refractivity contribution in [2.75, 3.05) is 24.5 Å². The fourth-order valence-corrected chi connectivity index (χ4v) is 5.63. The molecule has 11 heteroatoms. The Morgan fingerprint density at radius 2 is 2.11 bits per heavy atom. The number of fused-ring (bicyclic) bond motifs is 1. The maximum Gasteiger partial charge on any atom is 0.264 e. The van der Waals surface area contributed by atoms with E-state index in [1.165, 1.54) is 11.4 Å². The Hall–Kier alpha value is -2.50. The zero-order chi connectivity index (χ0) is 19.5. The average Bonchev–Trinajstić information content (AvgIpc) is 3.11. The third-order valence-corrected chi connectivity index (χ3v) is 7.43. The van der Waals surface area contributed by atoms with Crippen LogP contribution in [0.5, 0.6) is 0 Å². The van der Waals surface area contributed by atoms with E-state index >= 15 is 0 Å². The van der Waals surface area contributed by atoms with Gasteiger partial charge in [0.2, 0.25) is 10.0 Å². The van der Waals surface area contributed by atoms with Gasteiger partial charge in [-0.15, -0.1) is 11.3 Å². The number of carbonyl (C=O) groups excluding carboxylic acids is 1. The summed E-state index contributed by atoms with van der Waals surface area (Å²) in [5.74, 6) is 0.740. The van der Waals surface area contributed by atoms with Gasteiger partial charge in [0.25, 0.3) is 5.91 Å². The van der Waals surface area contributed by atoms with E-state index in [2.05, 4.69) is 19.9 Å². The van der Waals surface area contributed by atoms with Gasteiger partial charge in [-0.25, -0.2) is 23.5 Å². The predicted molar refractivity (Wildman–Crippen MR) is 105 cm³/mol. The maximum absolute atomic E-state index is 13.1. The summed E-state index contributed by atoms with van der Waals surface area (Å²) < 4.78 is 23.0. The molecule has 5 rings (SSSR count). The molecule has 3 aromatic heterocycles. The SMILES string of the molecule is NS(=O)(=O)c1csc(C(=O)N2CCN(c3ncnc4[nH]ccc34)CC23CC3)c1. The van der Waals surface area contributed by atoms with Crippen LogP contribution in [-0.2, 0) is 10.0 Å². The fraction of sp³-hybridized carbons (Fsp3) is 0.353. The van der Waals surface area contributed by atoms with Crippen LogP contribution in [0.15, 0.2) is 34.9 Å². The summed E-state index contributed by atoms with van der Waals surface area (Å²) in [6, 6.07) is 3.33. The van der Waals surface area contributed by atoms with Crippen LogP contribution >= 0.6 is 11.3 Å². The zero-order valence-electron chi connectivity index (χ0n) is 14.8. The van der Waals surface area contributed by atoms with E-state index in [1.807, 2.05) is 17.2 Å². The molecule has 3 aromatic rings. The summed E-state index contributed by atoms with van der Waals surface area (Å²) >= 11 is 1.12. The molecule has 0 atom stereocenters. The summed E-state index contributed by atoms with van der Waals surface area (Å²) in [4.78, 5) is 29.3. The summed E-state index contributed by atoms with van der Waals surface area (Å²) in [7, 11) is -3.81. The van der Waals surface area contributed by atoms with E-state index in [0.29, 0.717) is 24.5 Å². The Bertz CT molecular complexity index is 1180. The molecule has 9 nitrogen and oxygen atoms in total. The molecule has 1 spiro atoms. The maximum atomic E-state index is 13.1. The summed E-state index contributed by atoms with van der Waals surface area (Å²) in [6.45, 7) is 1.90. The van der Waals surface area contributed by atoms with Gasteiger partial charge >= 0.3 is 0 Å². The molecular formula is C17H18N6O3S2. The van der Waals surface area contributed by atoms with Crippen LogP contribution in [0.25, 0.3) is 11.0 Å². The van der Waals surface area contributed by atoms with Crippen molar-refractivity contribution in [3.8, 4) is 0 Å². The second-order valence-electron chi connectivity index (χ2n) is 7.23. The van der Waals surface area contributed by atoms with Crippen LogP contribution in [0.1, 0.15) is 22.5 Å². The first-order chi connectivity index (χ1) is 13.4. The molecule has 1 saturated heterocycles. The molecule has 0 aromatic carbocycles. The molecule has 4 heterocycles. The summed E-state index contributed by atoms with van der Waals surface area (Å²) in [5, 5.41) is 7.55. The van der Waals surface area contributed by atoms with E-state index in [9.17, 15) is 13.2 Å². The van der Waals surface area contributed by atoms with Crippen LogP contribution in [0.3, 0.4) is 0 Å². The molecular weight excluding hydrogens is 400 g/mol. The van der Waals surface area contributed by atoms with Crippen molar-refractivity contribution in [2.45, 2.75) is 23.3 Å². The van der Waals surface area contributed by atoms with Crippen LogP contribution < -0.4 is 10.0 Å². The molecule has 1 amide bonds. The minimum absolute atomic E-state index is 0.0137. The van der Waals surface area contributed by atoms with E-state index in [1.54, 1.807) is 6.33 Å². The Morgan fingerprint density at radius 3 is 2.82 bits per heavy atom. The molecule has 1 aliphatic heterocycles. The van der Waals surface area contributed by atoms with E-state index < -0.39 is 10.0 Å². The molecule has 0 unspecified atom stereocenters. The molecule has 146 valence electrons. The fourth-order valence-electron chi connectivity index (χ4n) is 3.87. The van der Waals surface area contributed by atoms with Gasteiger partial charge in [-0.3, -0.25) is 4.79 Å². The largest absolute Gasteiger partial charge is 0.352 e. The van der Waals surface area contributed by atoms with E-state index in [0.717, 1.165) is 41.0 Å². The van der Waals surface area contributed by atoms with Crippen molar-refractivity contribution in [3.63, 3.8) is 0 Å². The number of aromatic nitrogens is 3. The number of carbonyl (C=O) groups is 1. The first-order valence-corrected chi connectivity index (χ1v) is 11.3. The smallest absolute Gasteiger partial charge is 0.264 e. The lowest BCUT2D eigenvalue weighted by atomic mass is 10.1. The second-order valence-corrected chi connectivity index (χ2v) is 9.70. The van der Waals surface area contributed by atoms with Crippen molar-refractivity contribution in [1.82, 2.24) is 19.9 Å². The van der Waals surface area contributed by atoms with Crippen LogP contribution in [-0.4, -0.2) is 59.4 Å². The number of nitrogens with one attached hydrogen (secondary N) is 1. The van der Waals surface area contributed by atoms with Gasteiger partial charge in [0.1, 0.15) is 17.8 Å². The Labute approximate surface area is 165 Å². The molecule has 28 heavy (non-hydrogen) atoms. The normalized spacial score (nSPS) is 18.8. The van der Waals surface area contributed by atoms with E-state index in [-0.39, 0.29) is 16.3 Å². The van der Waals surface area contributed by atoms with Crippen molar-refractivity contribution in [3.05, 3.63) is 34.9 Å². The number of rotatable bonds is 3. The van der Waals surface area contributed by atoms with Crippen molar-refractivity contribution < 1.29 is 13.2 Å². The number of primary sulfonamides is 1. The highest BCUT2D eigenvalue weighted by molar-refractivity contribution is 7.89. The third-order valence-electron chi connectivity index (χ3n) is 5.47. The lowest BCUT2D eigenvalue weighted by Crippen LogP contribution is -2.57. The number of amides is 1. The Kier molecular flexibility index (Phi) is 3.77. The molecule has 1 saturated carbocycles. The number of thiophene rings is 1. The van der Waals surface area contributed by atoms with Crippen molar-refractivity contribution in [1.29, 1.82) is 0 Å². The van der Waals surface area contributed by atoms with Crippen LogP contribution in [0, 0.1) is 0 Å². The third kappa shape index (κ3) is 2.77. The van der Waals surface area contributed by atoms with E-state index in [4.69, 9.17) is 5.14 Å². The second kappa shape index (κ2) is 6.00. The number of hydrogen-bond donors (Lipinski definition) is 2. The van der Waals surface area contributed by atoms with Crippen LogP contribution in [0.2, 0.25) is 0 Å². The minimum atomic E-state index is -3.81.